The van der Waals surface area contributed by atoms with Crippen LogP contribution in [-0.2, 0) is 12.8 Å². The van der Waals surface area contributed by atoms with Crippen LogP contribution in [0.25, 0.3) is 11.1 Å². The van der Waals surface area contributed by atoms with E-state index in [1.165, 1.54) is 51.8 Å². The van der Waals surface area contributed by atoms with Crippen LogP contribution in [0.5, 0.6) is 0 Å². The molecule has 1 aliphatic rings. The summed E-state index contributed by atoms with van der Waals surface area (Å²) in [4.78, 5) is 0. The Labute approximate surface area is 103 Å². The van der Waals surface area contributed by atoms with Gasteiger partial charge in [0.15, 0.2) is 0 Å². The van der Waals surface area contributed by atoms with Gasteiger partial charge in [-0.1, -0.05) is 35.9 Å². The first kappa shape index (κ1) is 10.6. The number of hydrogen-bond acceptors (Lipinski definition) is 0. The molecule has 0 heteroatoms. The van der Waals surface area contributed by atoms with Crippen molar-refractivity contribution in [3.63, 3.8) is 0 Å². The number of aryl methyl sites for hydroxylation is 5. The molecule has 0 amide bonds. The van der Waals surface area contributed by atoms with E-state index >= 15 is 0 Å². The number of rotatable bonds is 0. The Kier molecular flexibility index (Phi) is 2.32. The molecular weight excluding hydrogens is 204 g/mol. The molecule has 0 heterocycles. The van der Waals surface area contributed by atoms with Crippen LogP contribution in [0.4, 0.5) is 0 Å². The summed E-state index contributed by atoms with van der Waals surface area (Å²) in [6.45, 7) is 6.59. The first-order valence-electron chi connectivity index (χ1n) is 6.35. The average Bonchev–Trinajstić information content (AvgIpc) is 2.30. The van der Waals surface area contributed by atoms with E-state index in [4.69, 9.17) is 0 Å². The molecule has 0 unspecified atom stereocenters. The summed E-state index contributed by atoms with van der Waals surface area (Å²) in [6, 6.07) is 11.6. The summed E-state index contributed by atoms with van der Waals surface area (Å²) in [5.41, 5.74) is 10.1. The zero-order valence-corrected chi connectivity index (χ0v) is 10.8. The Hall–Kier alpha value is -1.56. The standard InChI is InChI=1S/C17H18/c1-11-4-7-16-14(8-11)5-6-15-9-12(2)13(3)10-17(15)16/h4,7-10H,5-6H2,1-3H3. The molecule has 0 aromatic heterocycles. The molecule has 0 atom stereocenters. The molecule has 3 rings (SSSR count). The smallest absolute Gasteiger partial charge is 0.0146 e. The molecule has 0 fully saturated rings. The highest BCUT2D eigenvalue weighted by atomic mass is 14.2. The Balaban J connectivity index is 2.25. The number of benzene rings is 2. The van der Waals surface area contributed by atoms with Gasteiger partial charge >= 0.3 is 0 Å². The fourth-order valence-corrected chi connectivity index (χ4v) is 2.79. The summed E-state index contributed by atoms with van der Waals surface area (Å²) >= 11 is 0. The Morgan fingerprint density at radius 2 is 1.35 bits per heavy atom. The fraction of sp³-hybridized carbons (Fsp3) is 0.294. The molecule has 0 spiro atoms. The van der Waals surface area contributed by atoms with Gasteiger partial charge in [-0.15, -0.1) is 0 Å². The molecule has 0 radical (unpaired) electrons. The van der Waals surface area contributed by atoms with Gasteiger partial charge in [-0.05, 0) is 67.0 Å². The van der Waals surface area contributed by atoms with Crippen LogP contribution >= 0.6 is 0 Å². The predicted molar refractivity (Wildman–Crippen MR) is 73.5 cm³/mol. The summed E-state index contributed by atoms with van der Waals surface area (Å²) in [5.74, 6) is 0. The number of fused-ring (bicyclic) bond motifs is 3. The van der Waals surface area contributed by atoms with E-state index in [0.717, 1.165) is 0 Å². The maximum absolute atomic E-state index is 2.37. The lowest BCUT2D eigenvalue weighted by Gasteiger charge is -2.21. The van der Waals surface area contributed by atoms with Crippen molar-refractivity contribution in [2.24, 2.45) is 0 Å². The van der Waals surface area contributed by atoms with E-state index in [-0.39, 0.29) is 0 Å². The van der Waals surface area contributed by atoms with E-state index in [1.807, 2.05) is 0 Å². The van der Waals surface area contributed by atoms with Crippen LogP contribution in [0.1, 0.15) is 27.8 Å². The highest BCUT2D eigenvalue weighted by Gasteiger charge is 2.16. The Morgan fingerprint density at radius 3 is 2.12 bits per heavy atom. The van der Waals surface area contributed by atoms with Crippen LogP contribution in [0.15, 0.2) is 30.3 Å². The number of hydrogen-bond donors (Lipinski definition) is 0. The highest BCUT2D eigenvalue weighted by Crippen LogP contribution is 2.35. The molecule has 0 N–H and O–H groups in total. The molecular formula is C17H18. The van der Waals surface area contributed by atoms with Crippen molar-refractivity contribution >= 4 is 0 Å². The predicted octanol–water partition coefficient (Wildman–Crippen LogP) is 4.38. The van der Waals surface area contributed by atoms with Crippen LogP contribution in [-0.4, -0.2) is 0 Å². The zero-order chi connectivity index (χ0) is 12.0. The first-order valence-corrected chi connectivity index (χ1v) is 6.35. The average molecular weight is 222 g/mol. The van der Waals surface area contributed by atoms with Crippen LogP contribution in [0.2, 0.25) is 0 Å². The van der Waals surface area contributed by atoms with E-state index in [0.29, 0.717) is 0 Å². The molecule has 0 saturated carbocycles. The van der Waals surface area contributed by atoms with E-state index in [1.54, 1.807) is 0 Å². The van der Waals surface area contributed by atoms with Crippen molar-refractivity contribution in [3.8, 4) is 11.1 Å². The topological polar surface area (TPSA) is 0 Å². The Morgan fingerprint density at radius 1 is 0.706 bits per heavy atom. The maximum atomic E-state index is 2.37. The molecule has 17 heavy (non-hydrogen) atoms. The van der Waals surface area contributed by atoms with Gasteiger partial charge in [-0.25, -0.2) is 0 Å². The minimum atomic E-state index is 1.19. The van der Waals surface area contributed by atoms with Crippen molar-refractivity contribution in [3.05, 3.63) is 58.1 Å². The van der Waals surface area contributed by atoms with Gasteiger partial charge < -0.3 is 0 Å². The third-order valence-electron chi connectivity index (χ3n) is 3.93. The molecule has 1 aliphatic carbocycles. The van der Waals surface area contributed by atoms with E-state index in [2.05, 4.69) is 51.1 Å². The molecule has 0 nitrogen and oxygen atoms in total. The van der Waals surface area contributed by atoms with E-state index < -0.39 is 0 Å². The molecule has 2 aromatic carbocycles. The molecule has 0 bridgehead atoms. The second-order valence-corrected chi connectivity index (χ2v) is 5.25. The van der Waals surface area contributed by atoms with Gasteiger partial charge in [0.1, 0.15) is 0 Å². The first-order chi connectivity index (χ1) is 8.15. The van der Waals surface area contributed by atoms with Crippen molar-refractivity contribution in [2.75, 3.05) is 0 Å². The van der Waals surface area contributed by atoms with Gasteiger partial charge in [0, 0.05) is 0 Å². The Bertz CT molecular complexity index is 591. The van der Waals surface area contributed by atoms with Crippen molar-refractivity contribution < 1.29 is 0 Å². The second-order valence-electron chi connectivity index (χ2n) is 5.25. The third kappa shape index (κ3) is 1.68. The maximum Gasteiger partial charge on any atom is -0.0146 e. The van der Waals surface area contributed by atoms with Gasteiger partial charge in [-0.3, -0.25) is 0 Å². The lowest BCUT2D eigenvalue weighted by atomic mass is 9.83. The fourth-order valence-electron chi connectivity index (χ4n) is 2.79. The van der Waals surface area contributed by atoms with Gasteiger partial charge in [-0.2, -0.15) is 0 Å². The summed E-state index contributed by atoms with van der Waals surface area (Å²) in [7, 11) is 0. The van der Waals surface area contributed by atoms with Gasteiger partial charge in [0.2, 0.25) is 0 Å². The van der Waals surface area contributed by atoms with Crippen LogP contribution < -0.4 is 0 Å². The van der Waals surface area contributed by atoms with Gasteiger partial charge in [0.05, 0.1) is 0 Å². The van der Waals surface area contributed by atoms with Gasteiger partial charge in [0.25, 0.3) is 0 Å². The zero-order valence-electron chi connectivity index (χ0n) is 10.8. The van der Waals surface area contributed by atoms with Crippen LogP contribution in [0, 0.1) is 20.8 Å². The lowest BCUT2D eigenvalue weighted by molar-refractivity contribution is 0.935. The van der Waals surface area contributed by atoms with Crippen molar-refractivity contribution in [1.29, 1.82) is 0 Å². The normalized spacial score (nSPS) is 13.1. The monoisotopic (exact) mass is 222 g/mol. The van der Waals surface area contributed by atoms with E-state index in [9.17, 15) is 0 Å². The minimum Gasteiger partial charge on any atom is -0.0587 e. The van der Waals surface area contributed by atoms with Crippen LogP contribution in [0.3, 0.4) is 0 Å². The largest absolute Gasteiger partial charge is 0.0587 e. The summed E-state index contributed by atoms with van der Waals surface area (Å²) in [6.07, 6.45) is 2.37. The summed E-state index contributed by atoms with van der Waals surface area (Å²) < 4.78 is 0. The lowest BCUT2D eigenvalue weighted by Crippen LogP contribution is -2.05. The van der Waals surface area contributed by atoms with Crippen molar-refractivity contribution in [1.82, 2.24) is 0 Å². The molecule has 2 aromatic rings. The highest BCUT2D eigenvalue weighted by molar-refractivity contribution is 5.74. The molecule has 0 saturated heterocycles. The molecule has 0 aliphatic heterocycles. The van der Waals surface area contributed by atoms with Crippen molar-refractivity contribution in [2.45, 2.75) is 33.6 Å². The summed E-state index contributed by atoms with van der Waals surface area (Å²) in [5, 5.41) is 0. The second kappa shape index (κ2) is 3.73. The quantitative estimate of drug-likeness (QED) is 0.620. The SMILES string of the molecule is Cc1ccc2c(c1)CCc1cc(C)c(C)cc1-2. The third-order valence-corrected chi connectivity index (χ3v) is 3.93. The molecule has 86 valence electrons. The minimum absolute atomic E-state index is 1.19.